The molecule has 0 aromatic carbocycles. The molecule has 0 aromatic heterocycles. The molecule has 2 aliphatic rings. The minimum Gasteiger partial charge on any atom is -0.394 e. The summed E-state index contributed by atoms with van der Waals surface area (Å²) in [5, 5.41) is 13.2. The monoisotopic (exact) mass is 201 g/mol. The van der Waals surface area contributed by atoms with Crippen molar-refractivity contribution in [1.82, 2.24) is 5.32 Å². The zero-order valence-corrected chi connectivity index (χ0v) is 9.07. The third-order valence-corrected chi connectivity index (χ3v) is 3.92. The Kier molecular flexibility index (Phi) is 2.86. The van der Waals surface area contributed by atoms with Crippen LogP contribution in [0.5, 0.6) is 0 Å². The first-order valence-corrected chi connectivity index (χ1v) is 6.57. The van der Waals surface area contributed by atoms with Gasteiger partial charge in [-0.05, 0) is 37.9 Å². The van der Waals surface area contributed by atoms with Crippen LogP contribution in [0.3, 0.4) is 0 Å². The van der Waals surface area contributed by atoms with Gasteiger partial charge >= 0.3 is 0 Å². The van der Waals surface area contributed by atoms with Crippen molar-refractivity contribution < 1.29 is 5.11 Å². The van der Waals surface area contributed by atoms with E-state index in [1.165, 1.54) is 25.7 Å². The molecular weight excluding hydrogens is 182 g/mol. The lowest BCUT2D eigenvalue weighted by Gasteiger charge is -2.33. The predicted octanol–water partition coefficient (Wildman–Crippen LogP) is 1.24. The Balaban J connectivity index is 1.95. The van der Waals surface area contributed by atoms with Gasteiger partial charge in [-0.15, -0.1) is 0 Å². The van der Waals surface area contributed by atoms with Crippen molar-refractivity contribution in [3.63, 3.8) is 0 Å². The third kappa shape index (κ3) is 2.20. The van der Waals surface area contributed by atoms with Crippen LogP contribution in [0, 0.1) is 5.92 Å². The van der Waals surface area contributed by atoms with Crippen LogP contribution in [0.2, 0.25) is 0 Å². The van der Waals surface area contributed by atoms with E-state index in [0.717, 1.165) is 11.7 Å². The summed E-state index contributed by atoms with van der Waals surface area (Å²) in [6.45, 7) is 0.314. The second-order valence-electron chi connectivity index (χ2n) is 4.44. The fourth-order valence-electron chi connectivity index (χ4n) is 2.03. The average Bonchev–Trinajstić information content (AvgIpc) is 2.97. The molecule has 1 unspecified atom stereocenters. The van der Waals surface area contributed by atoms with E-state index in [0.29, 0.717) is 12.6 Å². The van der Waals surface area contributed by atoms with Crippen LogP contribution in [0.4, 0.5) is 0 Å². The molecule has 2 fully saturated rings. The molecular formula is C10H19NOS. The van der Waals surface area contributed by atoms with Crippen LogP contribution in [0.15, 0.2) is 0 Å². The Labute approximate surface area is 84.5 Å². The molecule has 2 nitrogen and oxygen atoms in total. The topological polar surface area (TPSA) is 32.3 Å². The van der Waals surface area contributed by atoms with Gasteiger partial charge in [0.05, 0.1) is 12.1 Å². The molecule has 0 saturated heterocycles. The summed E-state index contributed by atoms with van der Waals surface area (Å²) < 4.78 is 0. The van der Waals surface area contributed by atoms with E-state index in [1.807, 2.05) is 11.8 Å². The van der Waals surface area contributed by atoms with Crippen molar-refractivity contribution in [2.24, 2.45) is 5.92 Å². The Morgan fingerprint density at radius 1 is 1.38 bits per heavy atom. The van der Waals surface area contributed by atoms with E-state index in [4.69, 9.17) is 0 Å². The van der Waals surface area contributed by atoms with Gasteiger partial charge in [-0.25, -0.2) is 0 Å². The quantitative estimate of drug-likeness (QED) is 0.678. The molecule has 0 spiro atoms. The number of thioether (sulfide) groups is 1. The number of rotatable bonds is 6. The molecule has 0 bridgehead atoms. The number of hydrogen-bond acceptors (Lipinski definition) is 3. The second kappa shape index (κ2) is 3.79. The second-order valence-corrected chi connectivity index (χ2v) is 5.31. The Hall–Kier alpha value is 0.270. The molecule has 1 atom stereocenters. The van der Waals surface area contributed by atoms with Gasteiger partial charge in [-0.3, -0.25) is 0 Å². The third-order valence-electron chi connectivity index (χ3n) is 3.11. The molecule has 3 heteroatoms. The molecule has 2 aliphatic carbocycles. The summed E-state index contributed by atoms with van der Waals surface area (Å²) in [4.78, 5) is 0. The first-order valence-electron chi connectivity index (χ1n) is 5.18. The highest BCUT2D eigenvalue weighted by molar-refractivity contribution is 7.98. The van der Waals surface area contributed by atoms with Crippen LogP contribution in [-0.2, 0) is 0 Å². The van der Waals surface area contributed by atoms with E-state index in [9.17, 15) is 5.11 Å². The molecule has 2 N–H and O–H groups in total. The minimum absolute atomic E-state index is 0.0561. The molecule has 0 amide bonds. The van der Waals surface area contributed by atoms with Crippen molar-refractivity contribution in [2.45, 2.75) is 37.3 Å². The summed E-state index contributed by atoms with van der Waals surface area (Å²) in [6, 6.07) is 0.708. The molecule has 0 heterocycles. The largest absolute Gasteiger partial charge is 0.394 e. The summed E-state index contributed by atoms with van der Waals surface area (Å²) >= 11 is 1.85. The van der Waals surface area contributed by atoms with Crippen LogP contribution in [0.25, 0.3) is 0 Å². The van der Waals surface area contributed by atoms with E-state index in [-0.39, 0.29) is 5.54 Å². The van der Waals surface area contributed by atoms with Crippen molar-refractivity contribution in [2.75, 3.05) is 18.6 Å². The van der Waals surface area contributed by atoms with E-state index in [2.05, 4.69) is 11.6 Å². The summed E-state index contributed by atoms with van der Waals surface area (Å²) in [5.74, 6) is 1.80. The van der Waals surface area contributed by atoms with Gasteiger partial charge in [0, 0.05) is 11.8 Å². The van der Waals surface area contributed by atoms with E-state index >= 15 is 0 Å². The first-order chi connectivity index (χ1) is 6.30. The molecule has 2 rings (SSSR count). The molecule has 2 saturated carbocycles. The number of nitrogens with one attached hydrogen (secondary N) is 1. The van der Waals surface area contributed by atoms with Crippen LogP contribution >= 0.6 is 11.8 Å². The van der Waals surface area contributed by atoms with Gasteiger partial charge in [-0.2, -0.15) is 11.8 Å². The fraction of sp³-hybridized carbons (Fsp3) is 1.00. The fourth-order valence-corrected chi connectivity index (χ4v) is 2.95. The molecule has 0 aromatic rings. The van der Waals surface area contributed by atoms with E-state index in [1.54, 1.807) is 0 Å². The number of hydrogen-bond donors (Lipinski definition) is 2. The van der Waals surface area contributed by atoms with Gasteiger partial charge in [0.2, 0.25) is 0 Å². The van der Waals surface area contributed by atoms with Crippen molar-refractivity contribution in [3.8, 4) is 0 Å². The van der Waals surface area contributed by atoms with E-state index < -0.39 is 0 Å². The SMILES string of the molecule is CSCC(CO)(NC1CC1)C1CC1. The Morgan fingerprint density at radius 3 is 2.46 bits per heavy atom. The van der Waals surface area contributed by atoms with Gasteiger partial charge < -0.3 is 10.4 Å². The van der Waals surface area contributed by atoms with Gasteiger partial charge in [0.15, 0.2) is 0 Å². The lowest BCUT2D eigenvalue weighted by molar-refractivity contribution is 0.157. The maximum atomic E-state index is 9.52. The standard InChI is InChI=1S/C10H19NOS/c1-13-7-10(6-12,8-2-3-8)11-9-4-5-9/h8-9,11-12H,2-7H2,1H3. The number of aliphatic hydroxyl groups is 1. The highest BCUT2D eigenvalue weighted by Crippen LogP contribution is 2.42. The van der Waals surface area contributed by atoms with Gasteiger partial charge in [-0.1, -0.05) is 0 Å². The molecule has 0 aliphatic heterocycles. The summed E-state index contributed by atoms with van der Waals surface area (Å²) in [6.07, 6.45) is 7.36. The minimum atomic E-state index is 0.0561. The lowest BCUT2D eigenvalue weighted by Crippen LogP contribution is -2.53. The van der Waals surface area contributed by atoms with Crippen molar-refractivity contribution >= 4 is 11.8 Å². The molecule has 13 heavy (non-hydrogen) atoms. The smallest absolute Gasteiger partial charge is 0.0624 e. The van der Waals surface area contributed by atoms with Crippen molar-refractivity contribution in [1.29, 1.82) is 0 Å². The Morgan fingerprint density at radius 2 is 2.08 bits per heavy atom. The maximum Gasteiger partial charge on any atom is 0.0624 e. The van der Waals surface area contributed by atoms with Gasteiger partial charge in [0.25, 0.3) is 0 Å². The van der Waals surface area contributed by atoms with Gasteiger partial charge in [0.1, 0.15) is 0 Å². The van der Waals surface area contributed by atoms with Crippen LogP contribution < -0.4 is 5.32 Å². The average molecular weight is 201 g/mol. The predicted molar refractivity (Wildman–Crippen MR) is 57.1 cm³/mol. The zero-order chi connectivity index (χ0) is 9.31. The summed E-state index contributed by atoms with van der Waals surface area (Å²) in [5.41, 5.74) is 0.0561. The normalized spacial score (nSPS) is 27.2. The summed E-state index contributed by atoms with van der Waals surface area (Å²) in [7, 11) is 0. The first kappa shape index (κ1) is 9.81. The highest BCUT2D eigenvalue weighted by atomic mass is 32.2. The number of aliphatic hydroxyl groups excluding tert-OH is 1. The lowest BCUT2D eigenvalue weighted by atomic mass is 9.96. The molecule has 0 radical (unpaired) electrons. The van der Waals surface area contributed by atoms with Crippen LogP contribution in [-0.4, -0.2) is 35.3 Å². The zero-order valence-electron chi connectivity index (χ0n) is 8.25. The molecule has 76 valence electrons. The van der Waals surface area contributed by atoms with Crippen molar-refractivity contribution in [3.05, 3.63) is 0 Å². The highest BCUT2D eigenvalue weighted by Gasteiger charge is 2.46. The maximum absolute atomic E-state index is 9.52. The Bertz CT molecular complexity index is 180. The van der Waals surface area contributed by atoms with Crippen LogP contribution in [0.1, 0.15) is 25.7 Å².